The van der Waals surface area contributed by atoms with Crippen molar-refractivity contribution >= 4 is 17.7 Å². The van der Waals surface area contributed by atoms with Gasteiger partial charge >= 0.3 is 12.0 Å². The number of ether oxygens (including phenoxy) is 1. The third kappa shape index (κ3) is 6.32. The lowest BCUT2D eigenvalue weighted by atomic mass is 10.1. The van der Waals surface area contributed by atoms with Gasteiger partial charge in [-0.25, -0.2) is 9.59 Å². The van der Waals surface area contributed by atoms with Crippen molar-refractivity contribution in [1.29, 1.82) is 0 Å². The van der Waals surface area contributed by atoms with Crippen LogP contribution in [0.15, 0.2) is 48.5 Å². The first-order valence-corrected chi connectivity index (χ1v) is 10.1. The lowest BCUT2D eigenvalue weighted by molar-refractivity contribution is 0.0526. The van der Waals surface area contributed by atoms with Crippen molar-refractivity contribution in [3.63, 3.8) is 0 Å². The lowest BCUT2D eigenvalue weighted by Crippen LogP contribution is -2.34. The summed E-state index contributed by atoms with van der Waals surface area (Å²) in [5.74, 6) is 0.0947. The van der Waals surface area contributed by atoms with E-state index in [2.05, 4.69) is 46.7 Å². The molecular weight excluding hydrogens is 366 g/mol. The molecule has 0 saturated carbocycles. The van der Waals surface area contributed by atoms with Gasteiger partial charge in [-0.2, -0.15) is 0 Å². The minimum absolute atomic E-state index is 0.231. The van der Waals surface area contributed by atoms with Gasteiger partial charge in [0, 0.05) is 25.3 Å². The zero-order valence-electron chi connectivity index (χ0n) is 17.1. The van der Waals surface area contributed by atoms with E-state index in [1.165, 1.54) is 11.1 Å². The number of nitrogens with zero attached hydrogens (tertiary/aromatic N) is 1. The van der Waals surface area contributed by atoms with Gasteiger partial charge in [0.2, 0.25) is 0 Å². The normalized spacial score (nSPS) is 16.4. The van der Waals surface area contributed by atoms with Crippen molar-refractivity contribution in [3.8, 4) is 0 Å². The Balaban J connectivity index is 1.39. The number of nitrogens with one attached hydrogen (secondary N) is 2. The van der Waals surface area contributed by atoms with E-state index in [1.54, 1.807) is 31.2 Å². The van der Waals surface area contributed by atoms with Crippen LogP contribution in [0.4, 0.5) is 10.5 Å². The SMILES string of the molecule is CCOC(=O)c1ccc(NC(=O)NC[C@@H]2CCN(Cc3ccc(C)cc3)C2)cc1. The van der Waals surface area contributed by atoms with Crippen LogP contribution in [0.5, 0.6) is 0 Å². The van der Waals surface area contributed by atoms with E-state index in [4.69, 9.17) is 4.74 Å². The molecule has 6 heteroatoms. The van der Waals surface area contributed by atoms with E-state index in [-0.39, 0.29) is 12.0 Å². The van der Waals surface area contributed by atoms with Gasteiger partial charge in [0.05, 0.1) is 12.2 Å². The van der Waals surface area contributed by atoms with Gasteiger partial charge in [-0.1, -0.05) is 29.8 Å². The molecule has 1 heterocycles. The molecule has 1 saturated heterocycles. The van der Waals surface area contributed by atoms with Crippen molar-refractivity contribution in [3.05, 3.63) is 65.2 Å². The second-order valence-electron chi connectivity index (χ2n) is 7.51. The first kappa shape index (κ1) is 20.9. The fourth-order valence-electron chi connectivity index (χ4n) is 3.49. The maximum absolute atomic E-state index is 12.2. The number of rotatable bonds is 7. The molecule has 0 spiro atoms. The van der Waals surface area contributed by atoms with Crippen LogP contribution in [0.25, 0.3) is 0 Å². The fourth-order valence-corrected chi connectivity index (χ4v) is 3.49. The molecule has 2 N–H and O–H groups in total. The Morgan fingerprint density at radius 3 is 2.52 bits per heavy atom. The summed E-state index contributed by atoms with van der Waals surface area (Å²) in [4.78, 5) is 26.3. The quantitative estimate of drug-likeness (QED) is 0.700. The van der Waals surface area contributed by atoms with Crippen LogP contribution < -0.4 is 10.6 Å². The molecule has 1 aliphatic rings. The third-order valence-corrected chi connectivity index (χ3v) is 5.10. The minimum Gasteiger partial charge on any atom is -0.462 e. The van der Waals surface area contributed by atoms with E-state index < -0.39 is 0 Å². The van der Waals surface area contributed by atoms with Gasteiger partial charge in [0.15, 0.2) is 0 Å². The maximum Gasteiger partial charge on any atom is 0.338 e. The predicted molar refractivity (Wildman–Crippen MR) is 114 cm³/mol. The summed E-state index contributed by atoms with van der Waals surface area (Å²) in [6.45, 7) is 7.85. The highest BCUT2D eigenvalue weighted by Gasteiger charge is 2.22. The number of carbonyl (C=O) groups is 2. The predicted octanol–water partition coefficient (Wildman–Crippen LogP) is 3.82. The number of benzene rings is 2. The van der Waals surface area contributed by atoms with Gasteiger partial charge in [-0.3, -0.25) is 4.90 Å². The first-order valence-electron chi connectivity index (χ1n) is 10.1. The Labute approximate surface area is 172 Å². The summed E-state index contributed by atoms with van der Waals surface area (Å²) < 4.78 is 4.95. The number of hydrogen-bond donors (Lipinski definition) is 2. The van der Waals surface area contributed by atoms with E-state index >= 15 is 0 Å². The average Bonchev–Trinajstić information content (AvgIpc) is 3.16. The van der Waals surface area contributed by atoms with E-state index in [9.17, 15) is 9.59 Å². The van der Waals surface area contributed by atoms with Crippen LogP contribution in [-0.2, 0) is 11.3 Å². The second-order valence-corrected chi connectivity index (χ2v) is 7.51. The van der Waals surface area contributed by atoms with E-state index in [0.29, 0.717) is 30.3 Å². The zero-order valence-corrected chi connectivity index (χ0v) is 17.1. The maximum atomic E-state index is 12.2. The number of carbonyl (C=O) groups excluding carboxylic acids is 2. The van der Waals surface area contributed by atoms with Crippen molar-refractivity contribution in [2.75, 3.05) is 31.6 Å². The zero-order chi connectivity index (χ0) is 20.6. The molecular formula is C23H29N3O3. The van der Waals surface area contributed by atoms with Gasteiger partial charge in [-0.05, 0) is 62.6 Å². The van der Waals surface area contributed by atoms with Crippen LogP contribution in [0.2, 0.25) is 0 Å². The molecule has 0 unspecified atom stereocenters. The molecule has 2 aromatic rings. The van der Waals surface area contributed by atoms with Crippen LogP contribution in [0.3, 0.4) is 0 Å². The standard InChI is InChI=1S/C23H29N3O3/c1-3-29-22(27)20-8-10-21(11-9-20)25-23(28)24-14-19-12-13-26(16-19)15-18-6-4-17(2)5-7-18/h4-11,19H,3,12-16H2,1-2H3,(H2,24,25,28)/t19-/m0/s1. The number of hydrogen-bond acceptors (Lipinski definition) is 4. The second kappa shape index (κ2) is 10.1. The Bertz CT molecular complexity index is 818. The molecule has 0 bridgehead atoms. The average molecular weight is 396 g/mol. The third-order valence-electron chi connectivity index (χ3n) is 5.10. The van der Waals surface area contributed by atoms with Crippen molar-refractivity contribution < 1.29 is 14.3 Å². The molecule has 1 fully saturated rings. The minimum atomic E-state index is -0.361. The molecule has 0 aliphatic carbocycles. The van der Waals surface area contributed by atoms with Crippen LogP contribution >= 0.6 is 0 Å². The molecule has 0 radical (unpaired) electrons. The number of esters is 1. The van der Waals surface area contributed by atoms with Crippen LogP contribution in [0, 0.1) is 12.8 Å². The largest absolute Gasteiger partial charge is 0.462 e. The molecule has 0 aromatic heterocycles. The highest BCUT2D eigenvalue weighted by Crippen LogP contribution is 2.18. The first-order chi connectivity index (χ1) is 14.0. The number of amides is 2. The van der Waals surface area contributed by atoms with Crippen LogP contribution in [0.1, 0.15) is 34.8 Å². The molecule has 154 valence electrons. The van der Waals surface area contributed by atoms with Gasteiger partial charge in [-0.15, -0.1) is 0 Å². The highest BCUT2D eigenvalue weighted by molar-refractivity contribution is 5.92. The Kier molecular flexibility index (Phi) is 7.25. The van der Waals surface area contributed by atoms with Crippen LogP contribution in [-0.4, -0.2) is 43.1 Å². The Morgan fingerprint density at radius 1 is 1.10 bits per heavy atom. The number of urea groups is 1. The van der Waals surface area contributed by atoms with Crippen molar-refractivity contribution in [2.45, 2.75) is 26.8 Å². The van der Waals surface area contributed by atoms with Crippen molar-refractivity contribution in [1.82, 2.24) is 10.2 Å². The number of aryl methyl sites for hydroxylation is 1. The summed E-state index contributed by atoms with van der Waals surface area (Å²) >= 11 is 0. The molecule has 1 aliphatic heterocycles. The monoisotopic (exact) mass is 395 g/mol. The Hall–Kier alpha value is -2.86. The van der Waals surface area contributed by atoms with E-state index in [0.717, 1.165) is 26.1 Å². The summed E-state index contributed by atoms with van der Waals surface area (Å²) in [5, 5.41) is 5.76. The summed E-state index contributed by atoms with van der Waals surface area (Å²) in [6, 6.07) is 15.1. The summed E-state index contributed by atoms with van der Waals surface area (Å²) in [6.07, 6.45) is 1.08. The molecule has 2 aromatic carbocycles. The lowest BCUT2D eigenvalue weighted by Gasteiger charge is -2.16. The molecule has 3 rings (SSSR count). The molecule has 6 nitrogen and oxygen atoms in total. The highest BCUT2D eigenvalue weighted by atomic mass is 16.5. The topological polar surface area (TPSA) is 70.7 Å². The Morgan fingerprint density at radius 2 is 1.83 bits per heavy atom. The van der Waals surface area contributed by atoms with Crippen molar-refractivity contribution in [2.24, 2.45) is 5.92 Å². The fraction of sp³-hybridized carbons (Fsp3) is 0.391. The van der Waals surface area contributed by atoms with E-state index in [1.807, 2.05) is 0 Å². The summed E-state index contributed by atoms with van der Waals surface area (Å²) in [5.41, 5.74) is 3.72. The smallest absolute Gasteiger partial charge is 0.338 e. The number of likely N-dealkylation sites (tertiary alicyclic amines) is 1. The van der Waals surface area contributed by atoms with Gasteiger partial charge in [0.25, 0.3) is 0 Å². The molecule has 2 amide bonds. The molecule has 1 atom stereocenters. The van der Waals surface area contributed by atoms with Gasteiger partial charge < -0.3 is 15.4 Å². The van der Waals surface area contributed by atoms with Gasteiger partial charge in [0.1, 0.15) is 0 Å². The number of anilines is 1. The molecule has 29 heavy (non-hydrogen) atoms. The summed E-state index contributed by atoms with van der Waals surface area (Å²) in [7, 11) is 0.